The SMILES string of the molecule is CC/C=C\C(O)C/C=C/C=C\C/C=C\C/C=C\CCCC(=O)OC[C@H](CO)OC(=O)CCCCCCCCCCCCCCCC(C)C. The van der Waals surface area contributed by atoms with E-state index in [2.05, 4.69) is 44.2 Å². The van der Waals surface area contributed by atoms with Crippen molar-refractivity contribution in [1.29, 1.82) is 0 Å². The van der Waals surface area contributed by atoms with Gasteiger partial charge in [-0.25, -0.2) is 0 Å². The molecular formula is C42H72O6. The molecule has 0 radical (unpaired) electrons. The standard InChI is InChI=1S/C42H72O6/c1-4-5-32-39(44)33-28-24-20-16-12-9-10-13-17-21-25-29-34-41(45)47-37-40(36-43)48-42(46)35-30-26-22-18-14-8-6-7-11-15-19-23-27-31-38(2)3/h5,9-10,16-17,20-21,24,28,32,38-40,43-44H,4,6-8,11-15,18-19,22-23,25-27,29-31,33-37H2,1-3H3/b10-9-,20-16-,21-17-,28-24+,32-5-/t39?,40-/m0/s1. The Morgan fingerprint density at radius 1 is 0.646 bits per heavy atom. The van der Waals surface area contributed by atoms with Crippen molar-refractivity contribution in [3.8, 4) is 0 Å². The average molecular weight is 673 g/mol. The van der Waals surface area contributed by atoms with Crippen LogP contribution in [0.15, 0.2) is 60.8 Å². The van der Waals surface area contributed by atoms with Gasteiger partial charge in [0, 0.05) is 12.8 Å². The van der Waals surface area contributed by atoms with Crippen LogP contribution in [0.3, 0.4) is 0 Å². The maximum absolute atomic E-state index is 12.2. The minimum atomic E-state index is -0.806. The zero-order valence-electron chi connectivity index (χ0n) is 31.0. The van der Waals surface area contributed by atoms with Crippen LogP contribution < -0.4 is 0 Å². The molecule has 48 heavy (non-hydrogen) atoms. The molecule has 0 rings (SSSR count). The number of ether oxygens (including phenoxy) is 2. The van der Waals surface area contributed by atoms with Gasteiger partial charge in [-0.3, -0.25) is 9.59 Å². The lowest BCUT2D eigenvalue weighted by atomic mass is 10.0. The highest BCUT2D eigenvalue weighted by Crippen LogP contribution is 2.15. The zero-order valence-corrected chi connectivity index (χ0v) is 31.0. The quantitative estimate of drug-likeness (QED) is 0.0312. The van der Waals surface area contributed by atoms with E-state index in [9.17, 15) is 19.8 Å². The average Bonchev–Trinajstić information content (AvgIpc) is 3.07. The number of allylic oxidation sites excluding steroid dienone is 8. The van der Waals surface area contributed by atoms with Crippen molar-refractivity contribution in [3.63, 3.8) is 0 Å². The normalized spacial score (nSPS) is 13.6. The van der Waals surface area contributed by atoms with Crippen LogP contribution in [0.25, 0.3) is 0 Å². The lowest BCUT2D eigenvalue weighted by Crippen LogP contribution is -2.28. The monoisotopic (exact) mass is 673 g/mol. The van der Waals surface area contributed by atoms with Crippen molar-refractivity contribution >= 4 is 11.9 Å². The predicted octanol–water partition coefficient (Wildman–Crippen LogP) is 10.8. The van der Waals surface area contributed by atoms with E-state index in [-0.39, 0.29) is 31.6 Å². The molecule has 6 heteroatoms. The van der Waals surface area contributed by atoms with E-state index in [1.807, 2.05) is 37.3 Å². The Hall–Kier alpha value is -2.44. The van der Waals surface area contributed by atoms with Crippen LogP contribution in [0, 0.1) is 5.92 Å². The minimum Gasteiger partial charge on any atom is -0.462 e. The molecule has 0 spiro atoms. The lowest BCUT2D eigenvalue weighted by molar-refractivity contribution is -0.161. The summed E-state index contributed by atoms with van der Waals surface area (Å²) in [5.74, 6) is 0.153. The molecule has 0 fully saturated rings. The van der Waals surface area contributed by atoms with Crippen molar-refractivity contribution in [2.24, 2.45) is 5.92 Å². The van der Waals surface area contributed by atoms with Crippen LogP contribution in [0.4, 0.5) is 0 Å². The number of carbonyl (C=O) groups excluding carboxylic acids is 2. The smallest absolute Gasteiger partial charge is 0.306 e. The first kappa shape index (κ1) is 45.6. The molecule has 0 bridgehead atoms. The van der Waals surface area contributed by atoms with Crippen LogP contribution in [0.1, 0.15) is 162 Å². The molecular weight excluding hydrogens is 600 g/mol. The summed E-state index contributed by atoms with van der Waals surface area (Å²) in [4.78, 5) is 24.2. The summed E-state index contributed by atoms with van der Waals surface area (Å²) in [5.41, 5.74) is 0. The van der Waals surface area contributed by atoms with Crippen LogP contribution >= 0.6 is 0 Å². The summed E-state index contributed by atoms with van der Waals surface area (Å²) in [6, 6.07) is 0. The molecule has 0 aromatic carbocycles. The Morgan fingerprint density at radius 2 is 1.19 bits per heavy atom. The highest BCUT2D eigenvalue weighted by Gasteiger charge is 2.16. The molecule has 1 unspecified atom stereocenters. The molecule has 6 nitrogen and oxygen atoms in total. The van der Waals surface area contributed by atoms with Gasteiger partial charge in [0.25, 0.3) is 0 Å². The van der Waals surface area contributed by atoms with E-state index < -0.39 is 12.2 Å². The van der Waals surface area contributed by atoms with Crippen LogP contribution in [0.5, 0.6) is 0 Å². The van der Waals surface area contributed by atoms with Gasteiger partial charge in [0.15, 0.2) is 6.10 Å². The van der Waals surface area contributed by atoms with E-state index in [0.717, 1.165) is 50.9 Å². The van der Waals surface area contributed by atoms with E-state index in [1.54, 1.807) is 0 Å². The highest BCUT2D eigenvalue weighted by atomic mass is 16.6. The van der Waals surface area contributed by atoms with Crippen molar-refractivity contribution in [2.75, 3.05) is 13.2 Å². The molecule has 0 heterocycles. The fourth-order valence-electron chi connectivity index (χ4n) is 5.15. The number of hydrogen-bond donors (Lipinski definition) is 2. The second-order valence-electron chi connectivity index (χ2n) is 13.3. The molecule has 0 aliphatic carbocycles. The fourth-order valence-corrected chi connectivity index (χ4v) is 5.15. The van der Waals surface area contributed by atoms with Crippen molar-refractivity contribution < 1.29 is 29.3 Å². The van der Waals surface area contributed by atoms with E-state index >= 15 is 0 Å². The van der Waals surface area contributed by atoms with E-state index in [1.165, 1.54) is 70.6 Å². The molecule has 2 atom stereocenters. The Labute approximate surface area is 294 Å². The van der Waals surface area contributed by atoms with Gasteiger partial charge in [0.1, 0.15) is 6.61 Å². The van der Waals surface area contributed by atoms with Gasteiger partial charge >= 0.3 is 11.9 Å². The van der Waals surface area contributed by atoms with Crippen LogP contribution in [0.2, 0.25) is 0 Å². The third-order valence-corrected chi connectivity index (χ3v) is 8.08. The third-order valence-electron chi connectivity index (χ3n) is 8.08. The first-order valence-corrected chi connectivity index (χ1v) is 19.3. The Morgan fingerprint density at radius 3 is 1.79 bits per heavy atom. The lowest BCUT2D eigenvalue weighted by Gasteiger charge is -2.15. The van der Waals surface area contributed by atoms with Gasteiger partial charge < -0.3 is 19.7 Å². The number of aliphatic hydroxyl groups is 2. The maximum atomic E-state index is 12.2. The van der Waals surface area contributed by atoms with Crippen LogP contribution in [-0.4, -0.2) is 47.6 Å². The van der Waals surface area contributed by atoms with Gasteiger partial charge in [0.05, 0.1) is 12.7 Å². The molecule has 0 aliphatic rings. The number of rotatable bonds is 33. The number of esters is 2. The molecule has 0 aliphatic heterocycles. The summed E-state index contributed by atoms with van der Waals surface area (Å²) >= 11 is 0. The first-order valence-electron chi connectivity index (χ1n) is 19.3. The van der Waals surface area contributed by atoms with Gasteiger partial charge in [-0.15, -0.1) is 0 Å². The summed E-state index contributed by atoms with van der Waals surface area (Å²) in [7, 11) is 0. The van der Waals surface area contributed by atoms with E-state index in [4.69, 9.17) is 9.47 Å². The molecule has 0 saturated carbocycles. The molecule has 0 amide bonds. The zero-order chi connectivity index (χ0) is 35.3. The van der Waals surface area contributed by atoms with Gasteiger partial charge in [-0.05, 0) is 50.9 Å². The third kappa shape index (κ3) is 34.9. The maximum Gasteiger partial charge on any atom is 0.306 e. The number of unbranched alkanes of at least 4 members (excludes halogenated alkanes) is 13. The largest absolute Gasteiger partial charge is 0.462 e. The predicted molar refractivity (Wildman–Crippen MR) is 202 cm³/mol. The van der Waals surface area contributed by atoms with Gasteiger partial charge in [0.2, 0.25) is 0 Å². The second-order valence-corrected chi connectivity index (χ2v) is 13.3. The number of aliphatic hydroxyl groups excluding tert-OH is 2. The molecule has 0 aromatic rings. The second kappa shape index (κ2) is 35.9. The van der Waals surface area contributed by atoms with Gasteiger partial charge in [-0.2, -0.15) is 0 Å². The number of carbonyl (C=O) groups is 2. The fraction of sp³-hybridized carbons (Fsp3) is 0.714. The molecule has 0 aromatic heterocycles. The van der Waals surface area contributed by atoms with Gasteiger partial charge in [-0.1, -0.05) is 165 Å². The molecule has 0 saturated heterocycles. The summed E-state index contributed by atoms with van der Waals surface area (Å²) in [5, 5.41) is 19.3. The summed E-state index contributed by atoms with van der Waals surface area (Å²) < 4.78 is 10.5. The first-order chi connectivity index (χ1) is 23.4. The summed E-state index contributed by atoms with van der Waals surface area (Å²) in [6.45, 7) is 6.19. The Kier molecular flexibility index (Phi) is 34.0. The van der Waals surface area contributed by atoms with Crippen LogP contribution in [-0.2, 0) is 19.1 Å². The minimum absolute atomic E-state index is 0.109. The highest BCUT2D eigenvalue weighted by molar-refractivity contribution is 5.70. The van der Waals surface area contributed by atoms with Crippen molar-refractivity contribution in [3.05, 3.63) is 60.8 Å². The van der Waals surface area contributed by atoms with Crippen molar-refractivity contribution in [2.45, 2.75) is 174 Å². The Balaban J connectivity index is 3.70. The molecule has 276 valence electrons. The molecule has 2 N–H and O–H groups in total. The Bertz CT molecular complexity index is 885. The van der Waals surface area contributed by atoms with E-state index in [0.29, 0.717) is 19.3 Å². The number of hydrogen-bond acceptors (Lipinski definition) is 6. The van der Waals surface area contributed by atoms with Crippen molar-refractivity contribution in [1.82, 2.24) is 0 Å². The topological polar surface area (TPSA) is 93.1 Å². The summed E-state index contributed by atoms with van der Waals surface area (Å²) in [6.07, 6.45) is 42.0.